The molecule has 3 amide bonds. The van der Waals surface area contributed by atoms with Gasteiger partial charge in [-0.15, -0.1) is 0 Å². The lowest BCUT2D eigenvalue weighted by molar-refractivity contribution is -0.133. The Bertz CT molecular complexity index is 609. The van der Waals surface area contributed by atoms with Crippen LogP contribution in [0.15, 0.2) is 24.3 Å². The smallest absolute Gasteiger partial charge is 0.323 e. The van der Waals surface area contributed by atoms with E-state index in [1.165, 1.54) is 17.0 Å². The second-order valence-electron chi connectivity index (χ2n) is 6.94. The summed E-state index contributed by atoms with van der Waals surface area (Å²) in [5, 5.41) is 2.95. The van der Waals surface area contributed by atoms with Gasteiger partial charge in [-0.05, 0) is 37.6 Å². The van der Waals surface area contributed by atoms with Gasteiger partial charge in [0, 0.05) is 6.54 Å². The molecule has 1 heterocycles. The van der Waals surface area contributed by atoms with E-state index in [-0.39, 0.29) is 24.4 Å². The normalized spacial score (nSPS) is 20.5. The van der Waals surface area contributed by atoms with E-state index in [0.717, 1.165) is 44.1 Å². The Morgan fingerprint density at radius 2 is 1.75 bits per heavy atom. The number of rotatable bonds is 4. The Balaban J connectivity index is 1.64. The van der Waals surface area contributed by atoms with Crippen molar-refractivity contribution in [1.82, 2.24) is 15.1 Å². The van der Waals surface area contributed by atoms with Crippen molar-refractivity contribution < 1.29 is 14.0 Å². The summed E-state index contributed by atoms with van der Waals surface area (Å²) in [5.41, 5.74) is 0.250. The fraction of sp³-hybridized carbons (Fsp3) is 0.556. The molecule has 1 aromatic rings. The van der Waals surface area contributed by atoms with Crippen LogP contribution in [-0.2, 0) is 11.3 Å². The SMILES string of the molecule is CN(Cc1ccc(F)cc1)CN1C(=O)NC2(CCCCCC2)C1=O. The van der Waals surface area contributed by atoms with Crippen molar-refractivity contribution in [2.24, 2.45) is 0 Å². The van der Waals surface area contributed by atoms with Crippen molar-refractivity contribution in [2.45, 2.75) is 50.6 Å². The predicted molar refractivity (Wildman–Crippen MR) is 88.5 cm³/mol. The van der Waals surface area contributed by atoms with E-state index in [1.54, 1.807) is 12.1 Å². The number of benzene rings is 1. The van der Waals surface area contributed by atoms with E-state index >= 15 is 0 Å². The van der Waals surface area contributed by atoms with Crippen LogP contribution in [0.1, 0.15) is 44.1 Å². The first-order valence-electron chi connectivity index (χ1n) is 8.57. The number of urea groups is 1. The van der Waals surface area contributed by atoms with Gasteiger partial charge in [0.2, 0.25) is 0 Å². The fourth-order valence-corrected chi connectivity index (χ4v) is 3.67. The van der Waals surface area contributed by atoms with Crippen LogP contribution in [0.3, 0.4) is 0 Å². The molecular weight excluding hydrogens is 309 g/mol. The predicted octanol–water partition coefficient (Wildman–Crippen LogP) is 2.86. The standard InChI is InChI=1S/C18H24FN3O2/c1-21(12-14-6-8-15(19)9-7-14)13-22-16(23)18(20-17(22)24)10-4-2-3-5-11-18/h6-9H,2-5,10-13H2,1H3,(H,20,24). The molecule has 2 aliphatic rings. The quantitative estimate of drug-likeness (QED) is 0.862. The number of nitrogens with one attached hydrogen (secondary N) is 1. The first-order valence-corrected chi connectivity index (χ1v) is 8.57. The summed E-state index contributed by atoms with van der Waals surface area (Å²) in [7, 11) is 1.85. The molecule has 1 N–H and O–H groups in total. The maximum absolute atomic E-state index is 13.0. The van der Waals surface area contributed by atoms with Crippen molar-refractivity contribution >= 4 is 11.9 Å². The summed E-state index contributed by atoms with van der Waals surface area (Å²) in [6.45, 7) is 0.786. The van der Waals surface area contributed by atoms with Gasteiger partial charge < -0.3 is 5.32 Å². The van der Waals surface area contributed by atoms with Gasteiger partial charge in [0.15, 0.2) is 0 Å². The number of amides is 3. The topological polar surface area (TPSA) is 52.6 Å². The van der Waals surface area contributed by atoms with Gasteiger partial charge in [0.1, 0.15) is 11.4 Å². The third-order valence-electron chi connectivity index (χ3n) is 4.95. The molecule has 3 rings (SSSR count). The first kappa shape index (κ1) is 16.9. The molecule has 0 unspecified atom stereocenters. The fourth-order valence-electron chi connectivity index (χ4n) is 3.67. The minimum absolute atomic E-state index is 0.0969. The molecule has 1 aromatic carbocycles. The average molecular weight is 333 g/mol. The van der Waals surface area contributed by atoms with Crippen LogP contribution in [-0.4, -0.2) is 41.0 Å². The van der Waals surface area contributed by atoms with Crippen LogP contribution in [0, 0.1) is 5.82 Å². The van der Waals surface area contributed by atoms with Gasteiger partial charge in [-0.25, -0.2) is 14.1 Å². The number of carbonyl (C=O) groups excluding carboxylic acids is 2. The van der Waals surface area contributed by atoms with Crippen molar-refractivity contribution in [1.29, 1.82) is 0 Å². The Kier molecular flexibility index (Phi) is 4.85. The highest BCUT2D eigenvalue weighted by molar-refractivity contribution is 6.07. The Labute approximate surface area is 141 Å². The number of carbonyl (C=O) groups is 2. The molecule has 1 spiro atoms. The van der Waals surface area contributed by atoms with E-state index in [0.29, 0.717) is 6.54 Å². The number of nitrogens with zero attached hydrogens (tertiary/aromatic N) is 2. The van der Waals surface area contributed by atoms with Crippen molar-refractivity contribution in [3.63, 3.8) is 0 Å². The Morgan fingerprint density at radius 1 is 1.12 bits per heavy atom. The van der Waals surface area contributed by atoms with E-state index < -0.39 is 5.54 Å². The molecule has 1 aliphatic carbocycles. The average Bonchev–Trinajstić information content (AvgIpc) is 2.73. The lowest BCUT2D eigenvalue weighted by Gasteiger charge is -2.26. The van der Waals surface area contributed by atoms with E-state index in [1.807, 2.05) is 11.9 Å². The highest BCUT2D eigenvalue weighted by Gasteiger charge is 2.50. The Hall–Kier alpha value is -1.95. The number of imide groups is 1. The number of hydrogen-bond acceptors (Lipinski definition) is 3. The molecule has 1 aliphatic heterocycles. The highest BCUT2D eigenvalue weighted by Crippen LogP contribution is 2.32. The van der Waals surface area contributed by atoms with Crippen LogP contribution in [0.2, 0.25) is 0 Å². The summed E-state index contributed by atoms with van der Waals surface area (Å²) in [4.78, 5) is 28.4. The second-order valence-corrected chi connectivity index (χ2v) is 6.94. The molecule has 5 nitrogen and oxygen atoms in total. The van der Waals surface area contributed by atoms with Crippen LogP contribution in [0.25, 0.3) is 0 Å². The molecule has 0 aromatic heterocycles. The Morgan fingerprint density at radius 3 is 2.38 bits per heavy atom. The molecule has 0 radical (unpaired) electrons. The van der Waals surface area contributed by atoms with Gasteiger partial charge in [0.05, 0.1) is 6.67 Å². The number of halogens is 1. The monoisotopic (exact) mass is 333 g/mol. The van der Waals surface area contributed by atoms with Crippen molar-refractivity contribution in [2.75, 3.05) is 13.7 Å². The van der Waals surface area contributed by atoms with Gasteiger partial charge in [-0.3, -0.25) is 9.69 Å². The molecule has 2 fully saturated rings. The third-order valence-corrected chi connectivity index (χ3v) is 4.95. The molecule has 6 heteroatoms. The summed E-state index contributed by atoms with van der Waals surface area (Å²) in [6, 6.07) is 5.96. The van der Waals surface area contributed by atoms with E-state index in [4.69, 9.17) is 0 Å². The molecule has 24 heavy (non-hydrogen) atoms. The minimum atomic E-state index is -0.690. The number of hydrogen-bond donors (Lipinski definition) is 1. The maximum Gasteiger partial charge on any atom is 0.326 e. The first-order chi connectivity index (χ1) is 11.5. The molecular formula is C18H24FN3O2. The second kappa shape index (κ2) is 6.89. The summed E-state index contributed by atoms with van der Waals surface area (Å²) < 4.78 is 13.0. The minimum Gasteiger partial charge on any atom is -0.323 e. The van der Waals surface area contributed by atoms with Crippen LogP contribution in [0.5, 0.6) is 0 Å². The lowest BCUT2D eigenvalue weighted by Crippen LogP contribution is -2.47. The van der Waals surface area contributed by atoms with Gasteiger partial charge in [-0.2, -0.15) is 0 Å². The lowest BCUT2D eigenvalue weighted by atomic mass is 9.90. The van der Waals surface area contributed by atoms with Gasteiger partial charge >= 0.3 is 6.03 Å². The van der Waals surface area contributed by atoms with E-state index in [9.17, 15) is 14.0 Å². The molecule has 130 valence electrons. The zero-order chi connectivity index (χ0) is 17.2. The summed E-state index contributed by atoms with van der Waals surface area (Å²) in [6.07, 6.45) is 5.66. The maximum atomic E-state index is 13.0. The molecule has 0 bridgehead atoms. The summed E-state index contributed by atoms with van der Waals surface area (Å²) in [5.74, 6) is -0.369. The zero-order valence-electron chi connectivity index (χ0n) is 14.1. The van der Waals surface area contributed by atoms with Crippen LogP contribution >= 0.6 is 0 Å². The zero-order valence-corrected chi connectivity index (χ0v) is 14.1. The molecule has 1 saturated carbocycles. The third kappa shape index (κ3) is 3.43. The van der Waals surface area contributed by atoms with Gasteiger partial charge in [-0.1, -0.05) is 37.8 Å². The van der Waals surface area contributed by atoms with Crippen molar-refractivity contribution in [3.8, 4) is 0 Å². The molecule has 1 saturated heterocycles. The highest BCUT2D eigenvalue weighted by atomic mass is 19.1. The molecule has 0 atom stereocenters. The van der Waals surface area contributed by atoms with Gasteiger partial charge in [0.25, 0.3) is 5.91 Å². The van der Waals surface area contributed by atoms with E-state index in [2.05, 4.69) is 5.32 Å². The van der Waals surface area contributed by atoms with Crippen LogP contribution < -0.4 is 5.32 Å². The summed E-state index contributed by atoms with van der Waals surface area (Å²) >= 11 is 0. The van der Waals surface area contributed by atoms with Crippen LogP contribution in [0.4, 0.5) is 9.18 Å². The largest absolute Gasteiger partial charge is 0.326 e. The van der Waals surface area contributed by atoms with Crippen molar-refractivity contribution in [3.05, 3.63) is 35.6 Å².